The van der Waals surface area contributed by atoms with E-state index in [0.29, 0.717) is 16.6 Å². The van der Waals surface area contributed by atoms with E-state index in [-0.39, 0.29) is 18.3 Å². The van der Waals surface area contributed by atoms with Crippen LogP contribution in [0.3, 0.4) is 0 Å². The van der Waals surface area contributed by atoms with Crippen molar-refractivity contribution in [1.82, 2.24) is 10.2 Å². The Morgan fingerprint density at radius 1 is 1.56 bits per heavy atom. The predicted octanol–water partition coefficient (Wildman–Crippen LogP) is 2.96. The zero-order valence-electron chi connectivity index (χ0n) is 9.95. The Kier molecular flexibility index (Phi) is 5.92. The highest BCUT2D eigenvalue weighted by Crippen LogP contribution is 2.23. The fraction of sp³-hybridized carbons (Fsp3) is 0.417. The lowest BCUT2D eigenvalue weighted by Crippen LogP contribution is -2.51. The third-order valence-corrected chi connectivity index (χ3v) is 3.62. The summed E-state index contributed by atoms with van der Waals surface area (Å²) in [5.41, 5.74) is 0.573. The molecule has 1 aromatic carbocycles. The lowest BCUT2D eigenvalue weighted by Gasteiger charge is -2.32. The van der Waals surface area contributed by atoms with Gasteiger partial charge in [0.1, 0.15) is 0 Å². The van der Waals surface area contributed by atoms with Gasteiger partial charge in [0.25, 0.3) is 5.91 Å². The van der Waals surface area contributed by atoms with E-state index in [1.807, 2.05) is 11.0 Å². The van der Waals surface area contributed by atoms with Gasteiger partial charge < -0.3 is 10.2 Å². The van der Waals surface area contributed by atoms with Crippen LogP contribution in [0.15, 0.2) is 22.7 Å². The predicted molar refractivity (Wildman–Crippen MR) is 79.8 cm³/mol. The van der Waals surface area contributed by atoms with Crippen LogP contribution in [0.1, 0.15) is 17.3 Å². The molecule has 0 unspecified atom stereocenters. The third-order valence-electron chi connectivity index (χ3n) is 2.82. The SMILES string of the molecule is C[C@@H]1CN(C(=O)c2ccc(Br)cc2Cl)CCN1.Cl. The van der Waals surface area contributed by atoms with Gasteiger partial charge >= 0.3 is 0 Å². The molecule has 0 saturated carbocycles. The van der Waals surface area contributed by atoms with Gasteiger partial charge in [-0.25, -0.2) is 0 Å². The molecule has 0 bridgehead atoms. The number of hydrogen-bond donors (Lipinski definition) is 1. The van der Waals surface area contributed by atoms with Gasteiger partial charge in [-0.15, -0.1) is 12.4 Å². The molecule has 0 aromatic heterocycles. The number of piperazine rings is 1. The van der Waals surface area contributed by atoms with Crippen LogP contribution in [-0.2, 0) is 0 Å². The Balaban J connectivity index is 0.00000162. The molecule has 1 aromatic rings. The van der Waals surface area contributed by atoms with E-state index < -0.39 is 0 Å². The quantitative estimate of drug-likeness (QED) is 0.841. The zero-order valence-corrected chi connectivity index (χ0v) is 13.1. The van der Waals surface area contributed by atoms with Gasteiger partial charge in [0.2, 0.25) is 0 Å². The molecule has 0 radical (unpaired) electrons. The van der Waals surface area contributed by atoms with E-state index in [2.05, 4.69) is 28.2 Å². The summed E-state index contributed by atoms with van der Waals surface area (Å²) >= 11 is 9.42. The molecule has 1 aliphatic rings. The number of benzene rings is 1. The minimum atomic E-state index is 0. The average molecular weight is 354 g/mol. The Morgan fingerprint density at radius 3 is 2.89 bits per heavy atom. The molecule has 1 heterocycles. The van der Waals surface area contributed by atoms with E-state index in [4.69, 9.17) is 11.6 Å². The number of nitrogens with one attached hydrogen (secondary N) is 1. The van der Waals surface area contributed by atoms with E-state index in [1.165, 1.54) is 0 Å². The van der Waals surface area contributed by atoms with E-state index in [9.17, 15) is 4.79 Å². The molecule has 100 valence electrons. The molecule has 0 spiro atoms. The maximum absolute atomic E-state index is 12.3. The summed E-state index contributed by atoms with van der Waals surface area (Å²) in [5.74, 6) is 0.0100. The Labute approximate surface area is 126 Å². The maximum Gasteiger partial charge on any atom is 0.255 e. The van der Waals surface area contributed by atoms with Crippen molar-refractivity contribution >= 4 is 45.8 Å². The van der Waals surface area contributed by atoms with Gasteiger partial charge in [-0.1, -0.05) is 27.5 Å². The number of hydrogen-bond acceptors (Lipinski definition) is 2. The fourth-order valence-corrected chi connectivity index (χ4v) is 2.70. The van der Waals surface area contributed by atoms with Crippen molar-refractivity contribution in [1.29, 1.82) is 0 Å². The third kappa shape index (κ3) is 3.60. The average Bonchev–Trinajstić information content (AvgIpc) is 2.28. The van der Waals surface area contributed by atoms with Crippen LogP contribution in [0, 0.1) is 0 Å². The number of halogens is 3. The second-order valence-electron chi connectivity index (χ2n) is 4.23. The lowest BCUT2D eigenvalue weighted by molar-refractivity contribution is 0.0709. The molecule has 6 heteroatoms. The number of carbonyl (C=O) groups excluding carboxylic acids is 1. The van der Waals surface area contributed by atoms with E-state index in [0.717, 1.165) is 24.1 Å². The van der Waals surface area contributed by atoms with Gasteiger partial charge in [-0.05, 0) is 25.1 Å². The van der Waals surface area contributed by atoms with Crippen molar-refractivity contribution in [2.24, 2.45) is 0 Å². The zero-order chi connectivity index (χ0) is 12.4. The minimum absolute atomic E-state index is 0. The summed E-state index contributed by atoms with van der Waals surface area (Å²) in [6.45, 7) is 4.37. The molecule has 1 fully saturated rings. The summed E-state index contributed by atoms with van der Waals surface area (Å²) in [6, 6.07) is 5.69. The minimum Gasteiger partial charge on any atom is -0.336 e. The number of rotatable bonds is 1. The second-order valence-corrected chi connectivity index (χ2v) is 5.55. The van der Waals surface area contributed by atoms with Crippen molar-refractivity contribution in [2.45, 2.75) is 13.0 Å². The summed E-state index contributed by atoms with van der Waals surface area (Å²) in [6.07, 6.45) is 0. The Bertz CT molecular complexity index is 442. The standard InChI is InChI=1S/C12H14BrClN2O.ClH/c1-8-7-16(5-4-15-8)12(17)10-3-2-9(13)6-11(10)14;/h2-3,6,8,15H,4-5,7H2,1H3;1H/t8-;/m1./s1. The largest absolute Gasteiger partial charge is 0.336 e. The fourth-order valence-electron chi connectivity index (χ4n) is 1.95. The van der Waals surface area contributed by atoms with Gasteiger partial charge in [0.05, 0.1) is 10.6 Å². The maximum atomic E-state index is 12.3. The van der Waals surface area contributed by atoms with Gasteiger partial charge in [0, 0.05) is 30.1 Å². The summed E-state index contributed by atoms with van der Waals surface area (Å²) in [5, 5.41) is 3.80. The first-order valence-electron chi connectivity index (χ1n) is 5.55. The van der Waals surface area contributed by atoms with Crippen LogP contribution in [-0.4, -0.2) is 36.5 Å². The van der Waals surface area contributed by atoms with Crippen molar-refractivity contribution in [3.63, 3.8) is 0 Å². The highest BCUT2D eigenvalue weighted by Gasteiger charge is 2.23. The van der Waals surface area contributed by atoms with Crippen molar-refractivity contribution in [2.75, 3.05) is 19.6 Å². The first-order chi connectivity index (χ1) is 8.08. The first-order valence-corrected chi connectivity index (χ1v) is 6.72. The van der Waals surface area contributed by atoms with E-state index >= 15 is 0 Å². The topological polar surface area (TPSA) is 32.3 Å². The Morgan fingerprint density at radius 2 is 2.28 bits per heavy atom. The number of carbonyl (C=O) groups is 1. The molecule has 1 saturated heterocycles. The van der Waals surface area contributed by atoms with Crippen molar-refractivity contribution < 1.29 is 4.79 Å². The summed E-state index contributed by atoms with van der Waals surface area (Å²) in [4.78, 5) is 14.1. The molecule has 0 aliphatic carbocycles. The highest BCUT2D eigenvalue weighted by molar-refractivity contribution is 9.10. The normalized spacial score (nSPS) is 19.3. The van der Waals surface area contributed by atoms with Crippen LogP contribution in [0.4, 0.5) is 0 Å². The number of nitrogens with zero attached hydrogens (tertiary/aromatic N) is 1. The molecule has 1 N–H and O–H groups in total. The van der Waals surface area contributed by atoms with Crippen LogP contribution >= 0.6 is 39.9 Å². The molecule has 1 aliphatic heterocycles. The summed E-state index contributed by atoms with van der Waals surface area (Å²) < 4.78 is 0.882. The number of amides is 1. The van der Waals surface area contributed by atoms with Crippen LogP contribution in [0.2, 0.25) is 5.02 Å². The summed E-state index contributed by atoms with van der Waals surface area (Å²) in [7, 11) is 0. The first kappa shape index (κ1) is 15.8. The van der Waals surface area contributed by atoms with E-state index in [1.54, 1.807) is 12.1 Å². The van der Waals surface area contributed by atoms with Gasteiger partial charge in [0.15, 0.2) is 0 Å². The Hall–Kier alpha value is -0.290. The molecular formula is C12H15BrCl2N2O. The molecular weight excluding hydrogens is 339 g/mol. The van der Waals surface area contributed by atoms with Crippen molar-refractivity contribution in [3.05, 3.63) is 33.3 Å². The van der Waals surface area contributed by atoms with Crippen molar-refractivity contribution in [3.8, 4) is 0 Å². The highest BCUT2D eigenvalue weighted by atomic mass is 79.9. The smallest absolute Gasteiger partial charge is 0.255 e. The van der Waals surface area contributed by atoms with Crippen LogP contribution in [0.25, 0.3) is 0 Å². The molecule has 3 nitrogen and oxygen atoms in total. The van der Waals surface area contributed by atoms with Crippen LogP contribution in [0.5, 0.6) is 0 Å². The van der Waals surface area contributed by atoms with Gasteiger partial charge in [-0.2, -0.15) is 0 Å². The molecule has 18 heavy (non-hydrogen) atoms. The molecule has 1 amide bonds. The van der Waals surface area contributed by atoms with Gasteiger partial charge in [-0.3, -0.25) is 4.79 Å². The van der Waals surface area contributed by atoms with Crippen LogP contribution < -0.4 is 5.32 Å². The molecule has 1 atom stereocenters. The monoisotopic (exact) mass is 352 g/mol. The second kappa shape index (κ2) is 6.75. The lowest BCUT2D eigenvalue weighted by atomic mass is 10.1. The molecule has 2 rings (SSSR count).